The summed E-state index contributed by atoms with van der Waals surface area (Å²) >= 11 is 0. The van der Waals surface area contributed by atoms with Gasteiger partial charge in [-0.1, -0.05) is 30.3 Å². The van der Waals surface area contributed by atoms with Gasteiger partial charge in [-0.2, -0.15) is 0 Å². The number of hydrogen-bond acceptors (Lipinski definition) is 1. The largest absolute Gasteiger partial charge is 0.321 e. The van der Waals surface area contributed by atoms with Gasteiger partial charge in [-0.25, -0.2) is 4.39 Å². The molecule has 2 rings (SSSR count). The van der Waals surface area contributed by atoms with Gasteiger partial charge in [0.1, 0.15) is 5.67 Å². The maximum Gasteiger partial charge on any atom is 0.110 e. The van der Waals surface area contributed by atoms with Crippen molar-refractivity contribution in [3.05, 3.63) is 35.9 Å². The van der Waals surface area contributed by atoms with E-state index in [0.717, 1.165) is 12.0 Å². The molecule has 1 aromatic carbocycles. The van der Waals surface area contributed by atoms with Crippen LogP contribution in [-0.4, -0.2) is 5.67 Å². The molecule has 1 nitrogen and oxygen atoms in total. The van der Waals surface area contributed by atoms with Crippen molar-refractivity contribution in [3.63, 3.8) is 0 Å². The van der Waals surface area contributed by atoms with Crippen molar-refractivity contribution in [1.82, 2.24) is 0 Å². The molecule has 2 atom stereocenters. The predicted octanol–water partition coefficient (Wildman–Crippen LogP) is 2.75. The zero-order valence-corrected chi connectivity index (χ0v) is 8.46. The lowest BCUT2D eigenvalue weighted by molar-refractivity contribution is 0.187. The third kappa shape index (κ3) is 1.67. The van der Waals surface area contributed by atoms with Crippen LogP contribution < -0.4 is 5.73 Å². The minimum Gasteiger partial charge on any atom is -0.321 e. The molecule has 1 fully saturated rings. The highest BCUT2D eigenvalue weighted by Crippen LogP contribution is 2.44. The van der Waals surface area contributed by atoms with E-state index in [1.165, 1.54) is 0 Å². The Balaban J connectivity index is 2.27. The summed E-state index contributed by atoms with van der Waals surface area (Å²) in [5, 5.41) is 0. The monoisotopic (exact) mass is 193 g/mol. The van der Waals surface area contributed by atoms with E-state index in [1.807, 2.05) is 30.3 Å². The lowest BCUT2D eigenvalue weighted by Crippen LogP contribution is -2.35. The number of benzene rings is 1. The molecular formula is C12H16FN. The van der Waals surface area contributed by atoms with Gasteiger partial charge in [0.25, 0.3) is 0 Å². The summed E-state index contributed by atoms with van der Waals surface area (Å²) in [7, 11) is 0. The number of halogens is 1. The number of alkyl halides is 1. The molecule has 14 heavy (non-hydrogen) atoms. The minimum atomic E-state index is -1.09. The third-order valence-electron chi connectivity index (χ3n) is 3.13. The summed E-state index contributed by atoms with van der Waals surface area (Å²) < 4.78 is 13.7. The van der Waals surface area contributed by atoms with Gasteiger partial charge in [0.15, 0.2) is 0 Å². The average Bonchev–Trinajstić information content (AvgIpc) is 2.44. The van der Waals surface area contributed by atoms with Crippen LogP contribution in [-0.2, 0) is 5.54 Å². The summed E-state index contributed by atoms with van der Waals surface area (Å²) in [6, 6.07) is 9.84. The lowest BCUT2D eigenvalue weighted by Gasteiger charge is -2.25. The molecule has 0 radical (unpaired) electrons. The van der Waals surface area contributed by atoms with Gasteiger partial charge in [-0.3, -0.25) is 0 Å². The fourth-order valence-corrected chi connectivity index (χ4v) is 2.33. The van der Waals surface area contributed by atoms with Crippen LogP contribution in [0.5, 0.6) is 0 Å². The molecule has 0 spiro atoms. The molecule has 0 amide bonds. The Hall–Kier alpha value is -0.890. The van der Waals surface area contributed by atoms with Crippen LogP contribution in [0.4, 0.5) is 4.39 Å². The van der Waals surface area contributed by atoms with Gasteiger partial charge in [0.05, 0.1) is 0 Å². The van der Waals surface area contributed by atoms with Crippen molar-refractivity contribution in [2.24, 2.45) is 5.73 Å². The standard InChI is InChI=1S/C12H16FN/c1-11(13)7-8-12(14,9-11)10-5-3-2-4-6-10/h2-6H,7-9,14H2,1H3. The highest BCUT2D eigenvalue weighted by atomic mass is 19.1. The van der Waals surface area contributed by atoms with Crippen LogP contribution in [0.1, 0.15) is 31.7 Å². The van der Waals surface area contributed by atoms with Crippen LogP contribution in [0.3, 0.4) is 0 Å². The van der Waals surface area contributed by atoms with Crippen molar-refractivity contribution in [1.29, 1.82) is 0 Å². The zero-order valence-electron chi connectivity index (χ0n) is 8.46. The highest BCUT2D eigenvalue weighted by Gasteiger charge is 2.44. The van der Waals surface area contributed by atoms with Crippen molar-refractivity contribution in [2.45, 2.75) is 37.4 Å². The number of nitrogens with two attached hydrogens (primary N) is 1. The first-order valence-corrected chi connectivity index (χ1v) is 5.05. The molecule has 2 N–H and O–H groups in total. The molecule has 0 aliphatic heterocycles. The van der Waals surface area contributed by atoms with E-state index >= 15 is 0 Å². The number of rotatable bonds is 1. The van der Waals surface area contributed by atoms with Crippen LogP contribution in [0.2, 0.25) is 0 Å². The summed E-state index contributed by atoms with van der Waals surface area (Å²) in [5.41, 5.74) is 5.73. The predicted molar refractivity (Wildman–Crippen MR) is 55.7 cm³/mol. The molecule has 1 aliphatic rings. The Morgan fingerprint density at radius 2 is 1.86 bits per heavy atom. The molecular weight excluding hydrogens is 177 g/mol. The Morgan fingerprint density at radius 1 is 1.21 bits per heavy atom. The Morgan fingerprint density at radius 3 is 2.36 bits per heavy atom. The van der Waals surface area contributed by atoms with Crippen molar-refractivity contribution < 1.29 is 4.39 Å². The second-order valence-corrected chi connectivity index (χ2v) is 4.61. The van der Waals surface area contributed by atoms with Gasteiger partial charge in [-0.15, -0.1) is 0 Å². The molecule has 2 heteroatoms. The van der Waals surface area contributed by atoms with E-state index < -0.39 is 11.2 Å². The molecule has 0 heterocycles. The van der Waals surface area contributed by atoms with Crippen molar-refractivity contribution in [3.8, 4) is 0 Å². The van der Waals surface area contributed by atoms with E-state index in [0.29, 0.717) is 12.8 Å². The maximum absolute atomic E-state index is 13.7. The topological polar surface area (TPSA) is 26.0 Å². The summed E-state index contributed by atoms with van der Waals surface area (Å²) in [5.74, 6) is 0. The highest BCUT2D eigenvalue weighted by molar-refractivity contribution is 5.26. The Labute approximate surface area is 84.1 Å². The fraction of sp³-hybridized carbons (Fsp3) is 0.500. The average molecular weight is 193 g/mol. The van der Waals surface area contributed by atoms with Crippen LogP contribution in [0.15, 0.2) is 30.3 Å². The first-order valence-electron chi connectivity index (χ1n) is 5.05. The summed E-state index contributed by atoms with van der Waals surface area (Å²) in [4.78, 5) is 0. The van der Waals surface area contributed by atoms with E-state index in [4.69, 9.17) is 5.73 Å². The molecule has 1 saturated carbocycles. The SMILES string of the molecule is CC1(F)CCC(N)(c2ccccc2)C1. The number of hydrogen-bond donors (Lipinski definition) is 1. The summed E-state index contributed by atoms with van der Waals surface area (Å²) in [6.07, 6.45) is 1.74. The third-order valence-corrected chi connectivity index (χ3v) is 3.13. The van der Waals surface area contributed by atoms with Crippen LogP contribution in [0.25, 0.3) is 0 Å². The minimum absolute atomic E-state index is 0.435. The normalized spacial score (nSPS) is 37.4. The van der Waals surface area contributed by atoms with Crippen molar-refractivity contribution in [2.75, 3.05) is 0 Å². The smallest absolute Gasteiger partial charge is 0.110 e. The second kappa shape index (κ2) is 3.06. The second-order valence-electron chi connectivity index (χ2n) is 4.61. The fourth-order valence-electron chi connectivity index (χ4n) is 2.33. The molecule has 0 bridgehead atoms. The lowest BCUT2D eigenvalue weighted by atomic mass is 9.88. The molecule has 0 aromatic heterocycles. The van der Waals surface area contributed by atoms with Gasteiger partial charge in [-0.05, 0) is 25.3 Å². The van der Waals surface area contributed by atoms with E-state index in [2.05, 4.69) is 0 Å². The molecule has 1 aliphatic carbocycles. The van der Waals surface area contributed by atoms with Gasteiger partial charge in [0, 0.05) is 12.0 Å². The van der Waals surface area contributed by atoms with E-state index in [9.17, 15) is 4.39 Å². The zero-order chi connectivity index (χ0) is 10.2. The summed E-state index contributed by atoms with van der Waals surface area (Å²) in [6.45, 7) is 1.64. The Kier molecular flexibility index (Phi) is 2.11. The maximum atomic E-state index is 13.7. The molecule has 2 unspecified atom stereocenters. The molecule has 76 valence electrons. The van der Waals surface area contributed by atoms with E-state index in [-0.39, 0.29) is 0 Å². The molecule has 1 aromatic rings. The first-order chi connectivity index (χ1) is 6.52. The quantitative estimate of drug-likeness (QED) is 0.729. The molecule has 0 saturated heterocycles. The Bertz CT molecular complexity index is 320. The first kappa shape index (κ1) is 9.66. The van der Waals surface area contributed by atoms with Crippen LogP contribution >= 0.6 is 0 Å². The van der Waals surface area contributed by atoms with Gasteiger partial charge < -0.3 is 5.73 Å². The van der Waals surface area contributed by atoms with Gasteiger partial charge >= 0.3 is 0 Å². The van der Waals surface area contributed by atoms with E-state index in [1.54, 1.807) is 6.92 Å². The van der Waals surface area contributed by atoms with Crippen LogP contribution in [0, 0.1) is 0 Å². The van der Waals surface area contributed by atoms with Crippen molar-refractivity contribution >= 4 is 0 Å². The van der Waals surface area contributed by atoms with Gasteiger partial charge in [0.2, 0.25) is 0 Å².